The maximum Gasteiger partial charge on any atom is 0.125 e. The van der Waals surface area contributed by atoms with Crippen molar-refractivity contribution in [2.75, 3.05) is 6.54 Å². The van der Waals surface area contributed by atoms with Gasteiger partial charge in [0.15, 0.2) is 0 Å². The lowest BCUT2D eigenvalue weighted by atomic mass is 9.97. The lowest BCUT2D eigenvalue weighted by molar-refractivity contribution is 0.622. The van der Waals surface area contributed by atoms with Crippen LogP contribution in [0.3, 0.4) is 0 Å². The van der Waals surface area contributed by atoms with Gasteiger partial charge in [0.05, 0.1) is 29.2 Å². The summed E-state index contributed by atoms with van der Waals surface area (Å²) in [6.07, 6.45) is 5.94. The van der Waals surface area contributed by atoms with E-state index in [0.717, 1.165) is 41.0 Å². The van der Waals surface area contributed by atoms with E-state index in [2.05, 4.69) is 14.5 Å². The number of benzene rings is 1. The zero-order valence-corrected chi connectivity index (χ0v) is 12.5. The highest BCUT2D eigenvalue weighted by Gasteiger charge is 2.33. The van der Waals surface area contributed by atoms with Crippen LogP contribution in [0.25, 0.3) is 11.0 Å². The first-order chi connectivity index (χ1) is 11.3. The Bertz CT molecular complexity index is 939. The van der Waals surface area contributed by atoms with Crippen LogP contribution in [0.4, 0.5) is 4.39 Å². The van der Waals surface area contributed by atoms with E-state index in [1.807, 2.05) is 24.5 Å². The first kappa shape index (κ1) is 12.9. The summed E-state index contributed by atoms with van der Waals surface area (Å²) in [5.41, 5.74) is 3.79. The normalized spacial score (nSPS) is 20.0. The van der Waals surface area contributed by atoms with Crippen LogP contribution in [0.1, 0.15) is 41.9 Å². The van der Waals surface area contributed by atoms with Crippen molar-refractivity contribution >= 4 is 17.2 Å². The van der Waals surface area contributed by atoms with Crippen molar-refractivity contribution in [3.05, 3.63) is 59.4 Å². The van der Waals surface area contributed by atoms with E-state index in [0.29, 0.717) is 12.6 Å². The van der Waals surface area contributed by atoms with Crippen molar-refractivity contribution in [1.82, 2.24) is 14.5 Å². The highest BCUT2D eigenvalue weighted by molar-refractivity contribution is 5.83. The Morgan fingerprint density at radius 2 is 2.09 bits per heavy atom. The highest BCUT2D eigenvalue weighted by Crippen LogP contribution is 2.42. The number of fused-ring (bicyclic) bond motifs is 2. The maximum atomic E-state index is 13.7. The van der Waals surface area contributed by atoms with Crippen molar-refractivity contribution < 1.29 is 4.39 Å². The van der Waals surface area contributed by atoms with Crippen LogP contribution in [0.15, 0.2) is 41.5 Å². The van der Waals surface area contributed by atoms with E-state index in [4.69, 9.17) is 4.98 Å². The molecule has 3 aromatic rings. The topological polar surface area (TPSA) is 43.1 Å². The number of halogens is 1. The van der Waals surface area contributed by atoms with E-state index in [1.165, 1.54) is 6.07 Å². The van der Waals surface area contributed by atoms with Gasteiger partial charge >= 0.3 is 0 Å². The number of rotatable bonds is 2. The van der Waals surface area contributed by atoms with Gasteiger partial charge in [-0.05, 0) is 37.1 Å². The molecule has 1 fully saturated rings. The fraction of sp³-hybridized carbons (Fsp3) is 0.278. The minimum absolute atomic E-state index is 0.0345. The fourth-order valence-corrected chi connectivity index (χ4v) is 3.42. The monoisotopic (exact) mass is 306 g/mol. The van der Waals surface area contributed by atoms with E-state index in [-0.39, 0.29) is 11.7 Å². The van der Waals surface area contributed by atoms with Gasteiger partial charge in [-0.1, -0.05) is 6.07 Å². The minimum atomic E-state index is -0.217. The van der Waals surface area contributed by atoms with E-state index >= 15 is 0 Å². The van der Waals surface area contributed by atoms with Gasteiger partial charge in [0, 0.05) is 24.0 Å². The van der Waals surface area contributed by atoms with Crippen LogP contribution in [0.2, 0.25) is 0 Å². The average molecular weight is 306 g/mol. The quantitative estimate of drug-likeness (QED) is 0.727. The summed E-state index contributed by atoms with van der Waals surface area (Å²) < 4.78 is 15.9. The standard InChI is InChI=1S/C18H15FN4/c19-12-3-6-15-16(8-12)23(13-4-5-13)18(22-15)14-10-20-9-11-2-1-7-21-17(11)14/h1-3,6-9,13-14H,4-5,10H2. The predicted octanol–water partition coefficient (Wildman–Crippen LogP) is 3.47. The molecule has 0 N–H and O–H groups in total. The van der Waals surface area contributed by atoms with Gasteiger partial charge in [-0.25, -0.2) is 9.37 Å². The van der Waals surface area contributed by atoms with Gasteiger partial charge in [-0.2, -0.15) is 0 Å². The van der Waals surface area contributed by atoms with Crippen molar-refractivity contribution in [2.45, 2.75) is 24.8 Å². The Balaban J connectivity index is 1.74. The molecule has 0 radical (unpaired) electrons. The summed E-state index contributed by atoms with van der Waals surface area (Å²) in [6, 6.07) is 9.21. The zero-order chi connectivity index (χ0) is 15.4. The Kier molecular flexibility index (Phi) is 2.65. The maximum absolute atomic E-state index is 13.7. The Morgan fingerprint density at radius 1 is 1.17 bits per heavy atom. The molecule has 5 rings (SSSR count). The largest absolute Gasteiger partial charge is 0.324 e. The first-order valence-electron chi connectivity index (χ1n) is 7.93. The average Bonchev–Trinajstić information content (AvgIpc) is 3.35. The van der Waals surface area contributed by atoms with Gasteiger partial charge in [0.2, 0.25) is 0 Å². The van der Waals surface area contributed by atoms with Crippen molar-refractivity contribution in [2.24, 2.45) is 4.99 Å². The van der Waals surface area contributed by atoms with Crippen molar-refractivity contribution in [3.63, 3.8) is 0 Å². The molecule has 3 heterocycles. The molecular weight excluding hydrogens is 291 g/mol. The van der Waals surface area contributed by atoms with Crippen molar-refractivity contribution in [1.29, 1.82) is 0 Å². The van der Waals surface area contributed by atoms with Gasteiger partial charge in [-0.3, -0.25) is 9.98 Å². The van der Waals surface area contributed by atoms with Gasteiger partial charge in [0.25, 0.3) is 0 Å². The molecule has 1 aliphatic carbocycles. The molecule has 1 unspecified atom stereocenters. The van der Waals surface area contributed by atoms with Crippen LogP contribution in [-0.2, 0) is 0 Å². The second-order valence-corrected chi connectivity index (χ2v) is 6.23. The van der Waals surface area contributed by atoms with E-state index in [1.54, 1.807) is 12.1 Å². The summed E-state index contributed by atoms with van der Waals surface area (Å²) in [7, 11) is 0. The number of hydrogen-bond acceptors (Lipinski definition) is 3. The summed E-state index contributed by atoms with van der Waals surface area (Å²) >= 11 is 0. The number of nitrogens with zero attached hydrogens (tertiary/aromatic N) is 4. The molecule has 23 heavy (non-hydrogen) atoms. The molecule has 1 aliphatic heterocycles. The highest BCUT2D eigenvalue weighted by atomic mass is 19.1. The third kappa shape index (κ3) is 2.00. The number of aromatic nitrogens is 3. The second kappa shape index (κ2) is 4.72. The van der Waals surface area contributed by atoms with E-state index in [9.17, 15) is 4.39 Å². The SMILES string of the molecule is Fc1ccc2nc(C3CN=Cc4cccnc43)n(C3CC3)c2c1. The third-order valence-electron chi connectivity index (χ3n) is 4.62. The van der Waals surface area contributed by atoms with Crippen LogP contribution in [0.5, 0.6) is 0 Å². The molecule has 4 nitrogen and oxygen atoms in total. The Morgan fingerprint density at radius 3 is 2.96 bits per heavy atom. The summed E-state index contributed by atoms with van der Waals surface area (Å²) in [6.45, 7) is 0.641. The number of pyridine rings is 1. The molecule has 2 aromatic heterocycles. The van der Waals surface area contributed by atoms with Crippen LogP contribution < -0.4 is 0 Å². The molecule has 0 spiro atoms. The molecule has 1 saturated carbocycles. The predicted molar refractivity (Wildman–Crippen MR) is 86.5 cm³/mol. The molecule has 5 heteroatoms. The Hall–Kier alpha value is -2.56. The molecule has 2 aliphatic rings. The smallest absolute Gasteiger partial charge is 0.125 e. The number of aliphatic imine (C=N–C) groups is 1. The number of imidazole rings is 1. The molecule has 114 valence electrons. The van der Waals surface area contributed by atoms with Gasteiger partial charge in [0.1, 0.15) is 11.6 Å². The third-order valence-corrected chi connectivity index (χ3v) is 4.62. The van der Waals surface area contributed by atoms with Gasteiger partial charge < -0.3 is 4.57 Å². The van der Waals surface area contributed by atoms with Crippen LogP contribution >= 0.6 is 0 Å². The molecular formula is C18H15FN4. The molecule has 0 bridgehead atoms. The zero-order valence-electron chi connectivity index (χ0n) is 12.5. The first-order valence-corrected chi connectivity index (χ1v) is 7.93. The summed E-state index contributed by atoms with van der Waals surface area (Å²) in [5, 5.41) is 0. The van der Waals surface area contributed by atoms with Crippen molar-refractivity contribution in [3.8, 4) is 0 Å². The summed E-state index contributed by atoms with van der Waals surface area (Å²) in [4.78, 5) is 13.9. The lowest BCUT2D eigenvalue weighted by Crippen LogP contribution is -2.18. The lowest BCUT2D eigenvalue weighted by Gasteiger charge is -2.20. The molecule has 1 aromatic carbocycles. The van der Waals surface area contributed by atoms with E-state index < -0.39 is 0 Å². The van der Waals surface area contributed by atoms with Gasteiger partial charge in [-0.15, -0.1) is 0 Å². The summed E-state index contributed by atoms with van der Waals surface area (Å²) in [5.74, 6) is 0.781. The van der Waals surface area contributed by atoms with Crippen LogP contribution in [-0.4, -0.2) is 27.3 Å². The second-order valence-electron chi connectivity index (χ2n) is 6.23. The number of hydrogen-bond donors (Lipinski definition) is 0. The Labute approximate surface area is 132 Å². The minimum Gasteiger partial charge on any atom is -0.324 e. The fourth-order valence-electron chi connectivity index (χ4n) is 3.42. The van der Waals surface area contributed by atoms with Crippen LogP contribution in [0, 0.1) is 5.82 Å². The molecule has 1 atom stereocenters. The molecule has 0 saturated heterocycles. The molecule has 0 amide bonds.